The Kier molecular flexibility index (Phi) is 6.99. The fraction of sp³-hybridized carbons (Fsp3) is 0.222. The van der Waals surface area contributed by atoms with Gasteiger partial charge in [-0.3, -0.25) is 14.9 Å². The van der Waals surface area contributed by atoms with Crippen LogP contribution in [-0.4, -0.2) is 25.5 Å². The van der Waals surface area contributed by atoms with Gasteiger partial charge in [0.05, 0.1) is 19.7 Å². The van der Waals surface area contributed by atoms with Crippen LogP contribution < -0.4 is 10.6 Å². The van der Waals surface area contributed by atoms with E-state index < -0.39 is 12.0 Å². The van der Waals surface area contributed by atoms with Crippen LogP contribution in [0.15, 0.2) is 46.9 Å². The average Bonchev–Trinajstić information content (AvgIpc) is 2.58. The van der Waals surface area contributed by atoms with Gasteiger partial charge in [0.1, 0.15) is 0 Å². The van der Waals surface area contributed by atoms with Crippen LogP contribution in [0.25, 0.3) is 0 Å². The lowest BCUT2D eigenvalue weighted by atomic mass is 9.96. The lowest BCUT2D eigenvalue weighted by Gasteiger charge is -2.23. The molecule has 0 radical (unpaired) electrons. The van der Waals surface area contributed by atoms with E-state index in [0.717, 1.165) is 15.6 Å². The van der Waals surface area contributed by atoms with Crippen LogP contribution in [0.1, 0.15) is 24.1 Å². The highest BCUT2D eigenvalue weighted by molar-refractivity contribution is 9.10. The molecule has 25 heavy (non-hydrogen) atoms. The van der Waals surface area contributed by atoms with Crippen LogP contribution in [0, 0.1) is 0 Å². The standard InChI is InChI=1S/C18H18BrClN2O3/c1-11(23)22-16-8-7-12(19)9-14(16)18(21-10-17(24)25-2)13-5-3-4-6-15(13)20/h3-9,18,21H,10H2,1-2H3,(H,22,23)/t18-/m0/s1. The molecule has 1 atom stereocenters. The molecule has 132 valence electrons. The fourth-order valence-corrected chi connectivity index (χ4v) is 3.05. The number of rotatable bonds is 6. The first-order valence-corrected chi connectivity index (χ1v) is 8.71. The number of carbonyl (C=O) groups is 2. The summed E-state index contributed by atoms with van der Waals surface area (Å²) < 4.78 is 5.55. The number of methoxy groups -OCH3 is 1. The normalized spacial score (nSPS) is 11.7. The molecule has 0 heterocycles. The highest BCUT2D eigenvalue weighted by Gasteiger charge is 2.21. The van der Waals surface area contributed by atoms with Crippen molar-refractivity contribution in [2.45, 2.75) is 13.0 Å². The van der Waals surface area contributed by atoms with E-state index in [1.54, 1.807) is 12.1 Å². The number of carbonyl (C=O) groups excluding carboxylic acids is 2. The summed E-state index contributed by atoms with van der Waals surface area (Å²) in [6.45, 7) is 1.44. The van der Waals surface area contributed by atoms with Gasteiger partial charge in [-0.05, 0) is 35.4 Å². The van der Waals surface area contributed by atoms with Crippen LogP contribution in [0.4, 0.5) is 5.69 Å². The third kappa shape index (κ3) is 5.29. The van der Waals surface area contributed by atoms with Crippen molar-refractivity contribution in [2.24, 2.45) is 0 Å². The van der Waals surface area contributed by atoms with Crippen molar-refractivity contribution in [2.75, 3.05) is 19.0 Å². The van der Waals surface area contributed by atoms with Gasteiger partial charge < -0.3 is 10.1 Å². The minimum atomic E-state index is -0.410. The Morgan fingerprint density at radius 2 is 1.92 bits per heavy atom. The molecule has 0 aliphatic heterocycles. The summed E-state index contributed by atoms with van der Waals surface area (Å²) in [6, 6.07) is 12.4. The number of ether oxygens (including phenoxy) is 1. The van der Waals surface area contributed by atoms with Gasteiger partial charge >= 0.3 is 5.97 Å². The second-order valence-corrected chi connectivity index (χ2v) is 6.65. The van der Waals surface area contributed by atoms with E-state index in [1.807, 2.05) is 30.3 Å². The van der Waals surface area contributed by atoms with E-state index in [-0.39, 0.29) is 12.5 Å². The van der Waals surface area contributed by atoms with Crippen molar-refractivity contribution in [3.63, 3.8) is 0 Å². The number of benzene rings is 2. The lowest BCUT2D eigenvalue weighted by molar-refractivity contribution is -0.139. The highest BCUT2D eigenvalue weighted by Crippen LogP contribution is 2.34. The molecule has 0 unspecified atom stereocenters. The predicted molar refractivity (Wildman–Crippen MR) is 102 cm³/mol. The number of esters is 1. The molecular formula is C18H18BrClN2O3. The Morgan fingerprint density at radius 3 is 2.56 bits per heavy atom. The molecule has 0 aliphatic rings. The SMILES string of the molecule is COC(=O)CN[C@@H](c1ccccc1Cl)c1cc(Br)ccc1NC(C)=O. The fourth-order valence-electron chi connectivity index (χ4n) is 2.43. The summed E-state index contributed by atoms with van der Waals surface area (Å²) in [5.41, 5.74) is 2.21. The molecule has 0 aromatic heterocycles. The van der Waals surface area contributed by atoms with Crippen LogP contribution in [0.3, 0.4) is 0 Å². The van der Waals surface area contributed by atoms with Crippen molar-refractivity contribution in [3.8, 4) is 0 Å². The largest absolute Gasteiger partial charge is 0.468 e. The van der Waals surface area contributed by atoms with Gasteiger partial charge in [0.25, 0.3) is 0 Å². The Bertz CT molecular complexity index is 783. The summed E-state index contributed by atoms with van der Waals surface area (Å²) >= 11 is 9.81. The van der Waals surface area contributed by atoms with Gasteiger partial charge in [0.2, 0.25) is 5.91 Å². The zero-order valence-corrected chi connectivity index (χ0v) is 16.1. The number of anilines is 1. The smallest absolute Gasteiger partial charge is 0.319 e. The van der Waals surface area contributed by atoms with Gasteiger partial charge in [0.15, 0.2) is 0 Å². The maximum atomic E-state index is 11.6. The van der Waals surface area contributed by atoms with E-state index >= 15 is 0 Å². The summed E-state index contributed by atoms with van der Waals surface area (Å²) in [5, 5.41) is 6.52. The second-order valence-electron chi connectivity index (χ2n) is 5.32. The van der Waals surface area contributed by atoms with E-state index in [9.17, 15) is 9.59 Å². The molecule has 0 saturated carbocycles. The van der Waals surface area contributed by atoms with Gasteiger partial charge in [-0.1, -0.05) is 45.7 Å². The number of halogens is 2. The summed E-state index contributed by atoms with van der Waals surface area (Å²) in [6.07, 6.45) is 0. The first-order chi connectivity index (χ1) is 11.9. The molecule has 0 fully saturated rings. The number of amides is 1. The van der Waals surface area contributed by atoms with Gasteiger partial charge in [-0.25, -0.2) is 0 Å². The first kappa shape index (κ1) is 19.4. The minimum absolute atomic E-state index is 0.00157. The molecule has 2 aromatic carbocycles. The third-order valence-electron chi connectivity index (χ3n) is 3.53. The predicted octanol–water partition coefficient (Wildman–Crippen LogP) is 3.91. The van der Waals surface area contributed by atoms with Crippen molar-refractivity contribution < 1.29 is 14.3 Å². The molecule has 0 aliphatic carbocycles. The summed E-state index contributed by atoms with van der Waals surface area (Å²) in [4.78, 5) is 23.1. The molecular weight excluding hydrogens is 408 g/mol. The molecule has 7 heteroatoms. The molecule has 0 spiro atoms. The molecule has 1 amide bonds. The zero-order chi connectivity index (χ0) is 18.4. The van der Waals surface area contributed by atoms with Gasteiger partial charge in [-0.15, -0.1) is 0 Å². The molecule has 0 bridgehead atoms. The second kappa shape index (κ2) is 8.99. The van der Waals surface area contributed by atoms with Gasteiger partial charge in [-0.2, -0.15) is 0 Å². The van der Waals surface area contributed by atoms with E-state index in [2.05, 4.69) is 26.6 Å². The Labute approximate surface area is 159 Å². The number of hydrogen-bond acceptors (Lipinski definition) is 4. The van der Waals surface area contributed by atoms with E-state index in [1.165, 1.54) is 14.0 Å². The topological polar surface area (TPSA) is 67.4 Å². The van der Waals surface area contributed by atoms with Crippen LogP contribution in [-0.2, 0) is 14.3 Å². The Morgan fingerprint density at radius 1 is 1.20 bits per heavy atom. The summed E-state index contributed by atoms with van der Waals surface area (Å²) in [5.74, 6) is -0.581. The maximum absolute atomic E-state index is 11.6. The number of nitrogens with one attached hydrogen (secondary N) is 2. The maximum Gasteiger partial charge on any atom is 0.319 e. The molecule has 2 N–H and O–H groups in total. The van der Waals surface area contributed by atoms with Gasteiger partial charge in [0, 0.05) is 22.1 Å². The van der Waals surface area contributed by atoms with E-state index in [4.69, 9.17) is 16.3 Å². The quantitative estimate of drug-likeness (QED) is 0.689. The van der Waals surface area contributed by atoms with E-state index in [0.29, 0.717) is 10.7 Å². The van der Waals surface area contributed by atoms with Crippen molar-refractivity contribution in [1.29, 1.82) is 0 Å². The lowest BCUT2D eigenvalue weighted by Crippen LogP contribution is -2.30. The molecule has 2 rings (SSSR count). The van der Waals surface area contributed by atoms with Crippen LogP contribution >= 0.6 is 27.5 Å². The Hall–Kier alpha value is -1.89. The molecule has 0 saturated heterocycles. The average molecular weight is 426 g/mol. The minimum Gasteiger partial charge on any atom is -0.468 e. The summed E-state index contributed by atoms with van der Waals surface area (Å²) in [7, 11) is 1.33. The van der Waals surface area contributed by atoms with Crippen molar-refractivity contribution >= 4 is 45.1 Å². The third-order valence-corrected chi connectivity index (χ3v) is 4.37. The first-order valence-electron chi connectivity index (χ1n) is 7.54. The monoisotopic (exact) mass is 424 g/mol. The molecule has 5 nitrogen and oxygen atoms in total. The van der Waals surface area contributed by atoms with Crippen molar-refractivity contribution in [1.82, 2.24) is 5.32 Å². The van der Waals surface area contributed by atoms with Crippen LogP contribution in [0.2, 0.25) is 5.02 Å². The number of hydrogen-bond donors (Lipinski definition) is 2. The Balaban J connectivity index is 2.51. The van der Waals surface area contributed by atoms with Crippen molar-refractivity contribution in [3.05, 3.63) is 63.1 Å². The highest BCUT2D eigenvalue weighted by atomic mass is 79.9. The molecule has 2 aromatic rings. The zero-order valence-electron chi connectivity index (χ0n) is 13.8. The van der Waals surface area contributed by atoms with Crippen LogP contribution in [0.5, 0.6) is 0 Å².